The molecule has 3 N–H and O–H groups in total. The number of nitrogens with zero attached hydrogens (tertiary/aromatic N) is 1. The van der Waals surface area contributed by atoms with Crippen molar-refractivity contribution in [1.29, 1.82) is 0 Å². The molecule has 1 aliphatic heterocycles. The van der Waals surface area contributed by atoms with E-state index < -0.39 is 0 Å². The summed E-state index contributed by atoms with van der Waals surface area (Å²) in [6.45, 7) is 5.16. The molecule has 22 heavy (non-hydrogen) atoms. The van der Waals surface area contributed by atoms with Crippen molar-refractivity contribution >= 4 is 5.57 Å². The lowest BCUT2D eigenvalue weighted by Gasteiger charge is -2.14. The SMILES string of the molecule is C=C(c1cncc(Oc2cc(O)cc(O)c2)c1)[C@H]1CCCN1. The molecule has 2 heterocycles. The fourth-order valence-electron chi connectivity index (χ4n) is 2.60. The fourth-order valence-corrected chi connectivity index (χ4v) is 2.60. The molecule has 1 aromatic carbocycles. The molecule has 1 atom stereocenters. The largest absolute Gasteiger partial charge is 0.508 e. The molecular formula is C17H18N2O3. The van der Waals surface area contributed by atoms with Crippen LogP contribution in [0, 0.1) is 0 Å². The van der Waals surface area contributed by atoms with Crippen LogP contribution in [0.1, 0.15) is 18.4 Å². The van der Waals surface area contributed by atoms with E-state index in [0.717, 1.165) is 30.5 Å². The molecule has 1 aromatic heterocycles. The van der Waals surface area contributed by atoms with E-state index in [9.17, 15) is 10.2 Å². The van der Waals surface area contributed by atoms with Crippen molar-refractivity contribution in [3.8, 4) is 23.0 Å². The van der Waals surface area contributed by atoms with Gasteiger partial charge >= 0.3 is 0 Å². The number of phenolic OH excluding ortho intramolecular Hbond substituents is 2. The number of nitrogens with one attached hydrogen (secondary N) is 1. The van der Waals surface area contributed by atoms with Gasteiger partial charge in [-0.15, -0.1) is 0 Å². The van der Waals surface area contributed by atoms with Gasteiger partial charge in [-0.2, -0.15) is 0 Å². The van der Waals surface area contributed by atoms with E-state index in [1.54, 1.807) is 12.4 Å². The molecule has 1 saturated heterocycles. The van der Waals surface area contributed by atoms with E-state index in [4.69, 9.17) is 4.74 Å². The Labute approximate surface area is 128 Å². The Morgan fingerprint density at radius 3 is 2.59 bits per heavy atom. The summed E-state index contributed by atoms with van der Waals surface area (Å²) in [7, 11) is 0. The third-order valence-corrected chi connectivity index (χ3v) is 3.68. The molecular weight excluding hydrogens is 280 g/mol. The van der Waals surface area contributed by atoms with Crippen molar-refractivity contribution < 1.29 is 14.9 Å². The summed E-state index contributed by atoms with van der Waals surface area (Å²) in [6, 6.07) is 6.24. The second kappa shape index (κ2) is 6.07. The minimum Gasteiger partial charge on any atom is -0.508 e. The third kappa shape index (κ3) is 3.20. The first-order valence-corrected chi connectivity index (χ1v) is 7.20. The number of hydrogen-bond donors (Lipinski definition) is 3. The van der Waals surface area contributed by atoms with E-state index in [1.165, 1.54) is 18.2 Å². The standard InChI is InChI=1S/C17H18N2O3/c1-11(17-3-2-4-19-17)12-5-16(10-18-9-12)22-15-7-13(20)6-14(21)8-15/h5-10,17,19-21H,1-4H2/t17-/m1/s1. The van der Waals surface area contributed by atoms with E-state index in [2.05, 4.69) is 16.9 Å². The Morgan fingerprint density at radius 1 is 1.14 bits per heavy atom. The summed E-state index contributed by atoms with van der Waals surface area (Å²) in [5.41, 5.74) is 1.91. The van der Waals surface area contributed by atoms with Gasteiger partial charge in [-0.3, -0.25) is 4.98 Å². The predicted molar refractivity (Wildman–Crippen MR) is 84.1 cm³/mol. The Balaban J connectivity index is 1.80. The van der Waals surface area contributed by atoms with Crippen LogP contribution in [-0.2, 0) is 0 Å². The normalized spacial score (nSPS) is 17.4. The zero-order valence-corrected chi connectivity index (χ0v) is 12.1. The van der Waals surface area contributed by atoms with Gasteiger partial charge in [-0.05, 0) is 31.0 Å². The maximum atomic E-state index is 9.48. The molecule has 0 saturated carbocycles. The molecule has 5 nitrogen and oxygen atoms in total. The molecule has 0 unspecified atom stereocenters. The predicted octanol–water partition coefficient (Wildman–Crippen LogP) is 3.05. The smallest absolute Gasteiger partial charge is 0.146 e. The average molecular weight is 298 g/mol. The lowest BCUT2D eigenvalue weighted by Crippen LogP contribution is -2.22. The van der Waals surface area contributed by atoms with Crippen LogP contribution in [0.3, 0.4) is 0 Å². The van der Waals surface area contributed by atoms with Gasteiger partial charge in [0.1, 0.15) is 23.0 Å². The number of aromatic nitrogens is 1. The van der Waals surface area contributed by atoms with Gasteiger partial charge in [0.25, 0.3) is 0 Å². The Morgan fingerprint density at radius 2 is 1.91 bits per heavy atom. The molecule has 0 radical (unpaired) electrons. The molecule has 1 aliphatic rings. The molecule has 3 rings (SSSR count). The maximum absolute atomic E-state index is 9.48. The molecule has 0 amide bonds. The van der Waals surface area contributed by atoms with Crippen LogP contribution in [-0.4, -0.2) is 27.8 Å². The van der Waals surface area contributed by atoms with Crippen LogP contribution in [0.2, 0.25) is 0 Å². The number of hydrogen-bond acceptors (Lipinski definition) is 5. The monoisotopic (exact) mass is 298 g/mol. The van der Waals surface area contributed by atoms with Crippen LogP contribution in [0.4, 0.5) is 0 Å². The topological polar surface area (TPSA) is 74.6 Å². The highest BCUT2D eigenvalue weighted by molar-refractivity contribution is 5.68. The van der Waals surface area contributed by atoms with Crippen molar-refractivity contribution in [2.75, 3.05) is 6.54 Å². The van der Waals surface area contributed by atoms with Gasteiger partial charge in [0, 0.05) is 36.0 Å². The fraction of sp³-hybridized carbons (Fsp3) is 0.235. The molecule has 0 aliphatic carbocycles. The second-order valence-electron chi connectivity index (χ2n) is 5.37. The van der Waals surface area contributed by atoms with Gasteiger partial charge in [-0.1, -0.05) is 6.58 Å². The Kier molecular flexibility index (Phi) is 3.98. The second-order valence-corrected chi connectivity index (χ2v) is 5.37. The van der Waals surface area contributed by atoms with E-state index in [1.807, 2.05) is 6.07 Å². The highest BCUT2D eigenvalue weighted by Crippen LogP contribution is 2.31. The third-order valence-electron chi connectivity index (χ3n) is 3.68. The van der Waals surface area contributed by atoms with Crippen molar-refractivity contribution in [3.05, 3.63) is 48.8 Å². The molecule has 2 aromatic rings. The van der Waals surface area contributed by atoms with Gasteiger partial charge in [0.15, 0.2) is 0 Å². The first-order valence-electron chi connectivity index (χ1n) is 7.20. The van der Waals surface area contributed by atoms with Gasteiger partial charge in [0.2, 0.25) is 0 Å². The van der Waals surface area contributed by atoms with Crippen molar-refractivity contribution in [2.45, 2.75) is 18.9 Å². The summed E-state index contributed by atoms with van der Waals surface area (Å²) >= 11 is 0. The lowest BCUT2D eigenvalue weighted by atomic mass is 10.0. The minimum absolute atomic E-state index is 0.0568. The summed E-state index contributed by atoms with van der Waals surface area (Å²) in [4.78, 5) is 4.18. The minimum atomic E-state index is -0.0568. The number of rotatable bonds is 4. The van der Waals surface area contributed by atoms with E-state index in [0.29, 0.717) is 11.5 Å². The lowest BCUT2D eigenvalue weighted by molar-refractivity contribution is 0.431. The summed E-state index contributed by atoms with van der Waals surface area (Å²) in [5, 5.41) is 22.4. The molecule has 0 bridgehead atoms. The Hall–Kier alpha value is -2.53. The first kappa shape index (κ1) is 14.4. The highest BCUT2D eigenvalue weighted by Gasteiger charge is 2.18. The number of ether oxygens (including phenoxy) is 1. The van der Waals surface area contributed by atoms with Crippen molar-refractivity contribution in [1.82, 2.24) is 10.3 Å². The summed E-state index contributed by atoms with van der Waals surface area (Å²) < 4.78 is 5.65. The van der Waals surface area contributed by atoms with Crippen LogP contribution < -0.4 is 10.1 Å². The van der Waals surface area contributed by atoms with Gasteiger partial charge < -0.3 is 20.3 Å². The average Bonchev–Trinajstić information content (AvgIpc) is 3.00. The number of pyridine rings is 1. The van der Waals surface area contributed by atoms with E-state index >= 15 is 0 Å². The molecule has 0 spiro atoms. The van der Waals surface area contributed by atoms with Gasteiger partial charge in [-0.25, -0.2) is 0 Å². The number of benzene rings is 1. The maximum Gasteiger partial charge on any atom is 0.146 e. The quantitative estimate of drug-likeness (QED) is 0.809. The molecule has 5 heteroatoms. The van der Waals surface area contributed by atoms with Gasteiger partial charge in [0.05, 0.1) is 6.20 Å². The summed E-state index contributed by atoms with van der Waals surface area (Å²) in [6.07, 6.45) is 5.56. The van der Waals surface area contributed by atoms with E-state index in [-0.39, 0.29) is 17.5 Å². The van der Waals surface area contributed by atoms with Crippen LogP contribution in [0.15, 0.2) is 43.2 Å². The Bertz CT molecular complexity index is 674. The van der Waals surface area contributed by atoms with Crippen molar-refractivity contribution in [3.63, 3.8) is 0 Å². The first-order chi connectivity index (χ1) is 10.6. The number of aromatic hydroxyl groups is 2. The number of phenols is 2. The zero-order valence-electron chi connectivity index (χ0n) is 12.1. The molecule has 1 fully saturated rings. The summed E-state index contributed by atoms with van der Waals surface area (Å²) in [5.74, 6) is 0.764. The zero-order chi connectivity index (χ0) is 15.5. The van der Waals surface area contributed by atoms with Crippen LogP contribution in [0.5, 0.6) is 23.0 Å². The van der Waals surface area contributed by atoms with Crippen LogP contribution >= 0.6 is 0 Å². The molecule has 114 valence electrons. The van der Waals surface area contributed by atoms with Crippen molar-refractivity contribution in [2.24, 2.45) is 0 Å². The van der Waals surface area contributed by atoms with Crippen LogP contribution in [0.25, 0.3) is 5.57 Å². The highest BCUT2D eigenvalue weighted by atomic mass is 16.5.